The molecule has 108 valence electrons. The highest BCUT2D eigenvalue weighted by Gasteiger charge is 2.06. The normalized spacial score (nSPS) is 11.2. The van der Waals surface area contributed by atoms with Crippen molar-refractivity contribution in [3.05, 3.63) is 59.9 Å². The maximum absolute atomic E-state index is 11.6. The van der Waals surface area contributed by atoms with Crippen LogP contribution in [0, 0.1) is 6.92 Å². The van der Waals surface area contributed by atoms with Crippen molar-refractivity contribution in [2.24, 2.45) is 10.9 Å². The van der Waals surface area contributed by atoms with Crippen LogP contribution in [0.3, 0.4) is 0 Å². The topological polar surface area (TPSA) is 77.6 Å². The van der Waals surface area contributed by atoms with Gasteiger partial charge in [0.2, 0.25) is 0 Å². The molecule has 0 bridgehead atoms. The molecule has 0 atom stereocenters. The van der Waals surface area contributed by atoms with Gasteiger partial charge in [0.1, 0.15) is 5.69 Å². The van der Waals surface area contributed by atoms with Gasteiger partial charge in [-0.15, -0.1) is 11.8 Å². The average Bonchev–Trinajstić information content (AvgIpc) is 2.53. The molecule has 2 aromatic rings. The molecule has 0 fully saturated rings. The number of carbonyl (C=O) groups is 1. The van der Waals surface area contributed by atoms with Gasteiger partial charge in [0.05, 0.1) is 5.75 Å². The second-order valence-corrected chi connectivity index (χ2v) is 5.31. The Morgan fingerprint density at radius 3 is 2.71 bits per heavy atom. The smallest absolute Gasteiger partial charge is 0.345 e. The van der Waals surface area contributed by atoms with Crippen LogP contribution in [0.15, 0.2) is 58.7 Å². The molecule has 2 N–H and O–H groups in total. The van der Waals surface area contributed by atoms with E-state index in [1.807, 2.05) is 31.2 Å². The molecule has 6 heteroatoms. The number of hydrogen-bond acceptors (Lipinski definition) is 5. The lowest BCUT2D eigenvalue weighted by atomic mass is 10.2. The molecule has 5 nitrogen and oxygen atoms in total. The zero-order valence-electron chi connectivity index (χ0n) is 11.5. The molecule has 0 radical (unpaired) electrons. The first-order valence-corrected chi connectivity index (χ1v) is 7.28. The molecule has 0 aliphatic rings. The summed E-state index contributed by atoms with van der Waals surface area (Å²) < 4.78 is 0. The summed E-state index contributed by atoms with van der Waals surface area (Å²) in [5.74, 6) is -0.217. The fourth-order valence-corrected chi connectivity index (χ4v) is 2.13. The molecule has 0 amide bonds. The molecule has 1 aromatic heterocycles. The zero-order valence-corrected chi connectivity index (χ0v) is 12.3. The predicted molar refractivity (Wildman–Crippen MR) is 83.0 cm³/mol. The van der Waals surface area contributed by atoms with Crippen LogP contribution in [0.5, 0.6) is 0 Å². The van der Waals surface area contributed by atoms with Crippen molar-refractivity contribution >= 4 is 23.6 Å². The van der Waals surface area contributed by atoms with Crippen molar-refractivity contribution < 1.29 is 9.63 Å². The summed E-state index contributed by atoms with van der Waals surface area (Å²) in [5, 5.41) is 3.59. The third-order valence-electron chi connectivity index (χ3n) is 2.55. The SMILES string of the molecule is Cc1ccc(SCC(=O)ON=C(N)c2ccccn2)cc1. The van der Waals surface area contributed by atoms with Gasteiger partial charge in [-0.3, -0.25) is 4.98 Å². The second-order valence-electron chi connectivity index (χ2n) is 4.26. The van der Waals surface area contributed by atoms with E-state index >= 15 is 0 Å². The standard InChI is InChI=1S/C15H15N3O2S/c1-11-5-7-12(8-6-11)21-10-14(19)20-18-15(16)13-4-2-3-9-17-13/h2-9H,10H2,1H3,(H2,16,18). The molecule has 1 aromatic carbocycles. The molecule has 0 saturated carbocycles. The maximum atomic E-state index is 11.6. The van der Waals surface area contributed by atoms with Gasteiger partial charge in [0.15, 0.2) is 5.84 Å². The first kappa shape index (κ1) is 15.1. The quantitative estimate of drug-likeness (QED) is 0.301. The highest BCUT2D eigenvalue weighted by atomic mass is 32.2. The first-order valence-electron chi connectivity index (χ1n) is 6.29. The van der Waals surface area contributed by atoms with Crippen LogP contribution in [0.1, 0.15) is 11.3 Å². The predicted octanol–water partition coefficient (Wildman–Crippen LogP) is 2.35. The van der Waals surface area contributed by atoms with E-state index in [-0.39, 0.29) is 11.6 Å². The minimum atomic E-state index is -0.459. The number of thioether (sulfide) groups is 1. The van der Waals surface area contributed by atoms with E-state index in [9.17, 15) is 4.79 Å². The average molecular weight is 301 g/mol. The fraction of sp³-hybridized carbons (Fsp3) is 0.133. The van der Waals surface area contributed by atoms with E-state index in [1.165, 1.54) is 17.3 Å². The molecule has 0 saturated heterocycles. The molecule has 1 heterocycles. The van der Waals surface area contributed by atoms with E-state index in [2.05, 4.69) is 10.1 Å². The van der Waals surface area contributed by atoms with Crippen LogP contribution in [0.2, 0.25) is 0 Å². The molecule has 2 rings (SSSR count). The molecule has 0 aliphatic carbocycles. The zero-order chi connectivity index (χ0) is 15.1. The highest BCUT2D eigenvalue weighted by molar-refractivity contribution is 8.00. The summed E-state index contributed by atoms with van der Waals surface area (Å²) in [4.78, 5) is 21.4. The number of oxime groups is 1. The summed E-state index contributed by atoms with van der Waals surface area (Å²) in [6, 6.07) is 13.1. The lowest BCUT2D eigenvalue weighted by Crippen LogP contribution is -2.17. The first-order chi connectivity index (χ1) is 10.1. The Morgan fingerprint density at radius 2 is 2.05 bits per heavy atom. The van der Waals surface area contributed by atoms with Gasteiger partial charge in [-0.2, -0.15) is 0 Å². The van der Waals surface area contributed by atoms with Crippen LogP contribution in [0.4, 0.5) is 0 Å². The van der Waals surface area contributed by atoms with Gasteiger partial charge in [0, 0.05) is 11.1 Å². The summed E-state index contributed by atoms with van der Waals surface area (Å²) in [6.45, 7) is 2.01. The number of hydrogen-bond donors (Lipinski definition) is 1. The third kappa shape index (κ3) is 4.92. The van der Waals surface area contributed by atoms with Crippen molar-refractivity contribution in [2.75, 3.05) is 5.75 Å². The van der Waals surface area contributed by atoms with Crippen molar-refractivity contribution in [1.29, 1.82) is 0 Å². The Morgan fingerprint density at radius 1 is 1.29 bits per heavy atom. The lowest BCUT2D eigenvalue weighted by Gasteiger charge is -2.01. The highest BCUT2D eigenvalue weighted by Crippen LogP contribution is 2.18. The maximum Gasteiger partial charge on any atom is 0.345 e. The van der Waals surface area contributed by atoms with E-state index < -0.39 is 5.97 Å². The fourth-order valence-electron chi connectivity index (χ4n) is 1.46. The van der Waals surface area contributed by atoms with Gasteiger partial charge in [-0.05, 0) is 31.2 Å². The summed E-state index contributed by atoms with van der Waals surface area (Å²) in [7, 11) is 0. The van der Waals surface area contributed by atoms with E-state index in [4.69, 9.17) is 10.6 Å². The van der Waals surface area contributed by atoms with E-state index in [1.54, 1.807) is 24.4 Å². The number of carbonyl (C=O) groups excluding carboxylic acids is 1. The Labute approximate surface area is 127 Å². The second kappa shape index (κ2) is 7.44. The van der Waals surface area contributed by atoms with Gasteiger partial charge in [-0.25, -0.2) is 4.79 Å². The lowest BCUT2D eigenvalue weighted by molar-refractivity contribution is -0.140. The Bertz CT molecular complexity index is 627. The number of amidine groups is 1. The van der Waals surface area contributed by atoms with Gasteiger partial charge in [0.25, 0.3) is 0 Å². The molecule has 0 aliphatic heterocycles. The Hall–Kier alpha value is -2.34. The minimum absolute atomic E-state index is 0.0734. The number of nitrogens with zero attached hydrogens (tertiary/aromatic N) is 2. The number of rotatable bonds is 5. The number of benzene rings is 1. The van der Waals surface area contributed by atoms with Crippen LogP contribution >= 0.6 is 11.8 Å². The molecule has 0 unspecified atom stereocenters. The number of pyridine rings is 1. The van der Waals surface area contributed by atoms with Crippen molar-refractivity contribution in [2.45, 2.75) is 11.8 Å². The van der Waals surface area contributed by atoms with Crippen LogP contribution in [-0.4, -0.2) is 22.5 Å². The van der Waals surface area contributed by atoms with E-state index in [0.29, 0.717) is 5.69 Å². The molecule has 21 heavy (non-hydrogen) atoms. The minimum Gasteiger partial charge on any atom is -0.379 e. The van der Waals surface area contributed by atoms with Crippen molar-refractivity contribution in [3.8, 4) is 0 Å². The number of nitrogens with two attached hydrogens (primary N) is 1. The monoisotopic (exact) mass is 301 g/mol. The van der Waals surface area contributed by atoms with Gasteiger partial charge in [-0.1, -0.05) is 28.9 Å². The largest absolute Gasteiger partial charge is 0.379 e. The van der Waals surface area contributed by atoms with Gasteiger partial charge < -0.3 is 10.6 Å². The third-order valence-corrected chi connectivity index (χ3v) is 3.54. The molecular weight excluding hydrogens is 286 g/mol. The number of aryl methyl sites for hydroxylation is 1. The number of aromatic nitrogens is 1. The van der Waals surface area contributed by atoms with Crippen molar-refractivity contribution in [3.63, 3.8) is 0 Å². The van der Waals surface area contributed by atoms with E-state index in [0.717, 1.165) is 4.90 Å². The van der Waals surface area contributed by atoms with Crippen molar-refractivity contribution in [1.82, 2.24) is 4.98 Å². The summed E-state index contributed by atoms with van der Waals surface area (Å²) >= 11 is 1.38. The van der Waals surface area contributed by atoms with Crippen LogP contribution in [0.25, 0.3) is 0 Å². The summed E-state index contributed by atoms with van der Waals surface area (Å²) in [6.07, 6.45) is 1.59. The molecule has 0 spiro atoms. The Balaban J connectivity index is 1.83. The van der Waals surface area contributed by atoms with Crippen LogP contribution in [-0.2, 0) is 9.63 Å². The molecular formula is C15H15N3O2S. The summed E-state index contributed by atoms with van der Waals surface area (Å²) in [5.41, 5.74) is 7.32. The van der Waals surface area contributed by atoms with Crippen LogP contribution < -0.4 is 5.73 Å². The van der Waals surface area contributed by atoms with Gasteiger partial charge >= 0.3 is 5.97 Å². The Kier molecular flexibility index (Phi) is 5.34.